The zero-order chi connectivity index (χ0) is 37.1. The Morgan fingerprint density at radius 1 is 1.02 bits per heavy atom. The Bertz CT molecular complexity index is 2250. The molecule has 0 aliphatic carbocycles. The van der Waals surface area contributed by atoms with E-state index in [-0.39, 0.29) is 63.4 Å². The molecular weight excluding hydrogens is 708 g/mol. The van der Waals surface area contributed by atoms with E-state index in [9.17, 15) is 23.3 Å². The Balaban J connectivity index is 1.41. The largest absolute Gasteiger partial charge is 0.490 e. The first-order valence-electron chi connectivity index (χ1n) is 16.7. The van der Waals surface area contributed by atoms with Gasteiger partial charge in [0.05, 0.1) is 55.9 Å². The molecule has 0 N–H and O–H groups in total. The number of aromatic nitrogens is 3. The van der Waals surface area contributed by atoms with Crippen molar-refractivity contribution in [1.82, 2.24) is 19.5 Å². The summed E-state index contributed by atoms with van der Waals surface area (Å²) >= 11 is 0. The van der Waals surface area contributed by atoms with Crippen molar-refractivity contribution in [3.8, 4) is 28.5 Å². The number of hydrogen-bond donors (Lipinski definition) is 0. The number of anilines is 1. The number of nitro groups is 1. The number of rotatable bonds is 11. The van der Waals surface area contributed by atoms with E-state index in [1.807, 2.05) is 30.3 Å². The van der Waals surface area contributed by atoms with Crippen molar-refractivity contribution in [2.24, 2.45) is 0 Å². The minimum Gasteiger partial charge on any atom is -0.490 e. The summed E-state index contributed by atoms with van der Waals surface area (Å²) in [4.78, 5) is 31.0. The third kappa shape index (κ3) is 7.18. The fraction of sp³-hybridized carbons (Fsp3) is 0.306. The van der Waals surface area contributed by atoms with Gasteiger partial charge in [-0.3, -0.25) is 19.2 Å². The van der Waals surface area contributed by atoms with Crippen LogP contribution >= 0.6 is 0 Å². The Hall–Kier alpha value is -5.78. The molecule has 1 saturated heterocycles. The highest BCUT2D eigenvalue weighted by Crippen LogP contribution is 2.38. The quantitative estimate of drug-likeness (QED) is 0.108. The summed E-state index contributed by atoms with van der Waals surface area (Å²) in [6.45, 7) is 0.201. The number of amides is 1. The van der Waals surface area contributed by atoms with E-state index in [0.29, 0.717) is 28.3 Å². The van der Waals surface area contributed by atoms with Crippen molar-refractivity contribution in [3.63, 3.8) is 0 Å². The maximum absolute atomic E-state index is 14.7. The molecule has 4 bridgehead atoms. The molecule has 3 aromatic carbocycles. The topological polar surface area (TPSA) is 177 Å². The van der Waals surface area contributed by atoms with Gasteiger partial charge in [-0.1, -0.05) is 42.5 Å². The predicted octanol–water partition coefficient (Wildman–Crippen LogP) is 4.11. The van der Waals surface area contributed by atoms with Crippen molar-refractivity contribution in [1.29, 1.82) is 0 Å². The number of methoxy groups -OCH3 is 2. The van der Waals surface area contributed by atoms with E-state index in [1.54, 1.807) is 30.6 Å². The second-order valence-corrected chi connectivity index (χ2v) is 14.1. The molecule has 2 aromatic heterocycles. The van der Waals surface area contributed by atoms with Crippen LogP contribution in [0.15, 0.2) is 90.1 Å². The summed E-state index contributed by atoms with van der Waals surface area (Å²) < 4.78 is 61.0. The molecule has 1 amide bonds. The Kier molecular flexibility index (Phi) is 10.1. The van der Waals surface area contributed by atoms with E-state index in [0.717, 1.165) is 15.9 Å². The third-order valence-corrected chi connectivity index (χ3v) is 10.9. The standard InChI is InChI=1S/C36H36N6O10S/c1-48-14-15-50-31-19-27-23-52-35-32(49-2)21-40-34(38-35)29(20-37-40)25-16-26(18-28(17-25)51-22-24-8-4-3-5-9-24)41(13-12-39(27)36(31)43)53(46,47)33-11-7-6-10-30(33)42(44)45/h3-11,16-18,20-21,27,31H,12-15,19,22-23H2,1-2H3/t27-,31+/m0/s1. The zero-order valence-corrected chi connectivity index (χ0v) is 29.7. The molecule has 4 heterocycles. The van der Waals surface area contributed by atoms with Crippen molar-refractivity contribution in [2.45, 2.75) is 30.1 Å². The molecule has 2 atom stereocenters. The lowest BCUT2D eigenvalue weighted by Crippen LogP contribution is -2.44. The molecule has 1 fully saturated rings. The summed E-state index contributed by atoms with van der Waals surface area (Å²) in [6.07, 6.45) is 2.60. The molecule has 0 radical (unpaired) electrons. The van der Waals surface area contributed by atoms with Crippen LogP contribution in [0.3, 0.4) is 0 Å². The molecular formula is C36H36N6O10S. The number of para-hydroxylation sites is 1. The van der Waals surface area contributed by atoms with Crippen molar-refractivity contribution >= 4 is 33.0 Å². The highest BCUT2D eigenvalue weighted by atomic mass is 32.2. The second-order valence-electron chi connectivity index (χ2n) is 12.3. The Labute approximate surface area is 304 Å². The van der Waals surface area contributed by atoms with Gasteiger partial charge in [0.2, 0.25) is 0 Å². The number of benzene rings is 3. The van der Waals surface area contributed by atoms with Gasteiger partial charge >= 0.3 is 0 Å². The smallest absolute Gasteiger partial charge is 0.289 e. The number of nitro benzene ring substituents is 1. The average molecular weight is 745 g/mol. The summed E-state index contributed by atoms with van der Waals surface area (Å²) in [7, 11) is -1.63. The first-order chi connectivity index (χ1) is 25.7. The first kappa shape index (κ1) is 35.6. The SMILES string of the molecule is COCCO[C@@H]1C[C@H]2COc3nc4c(cnn4cc3OC)-c3cc(OCc4ccccc4)cc(c3)N(S(=O)(=O)c3ccccc3[N+](=O)[O-])CCN2C1=O. The lowest BCUT2D eigenvalue weighted by molar-refractivity contribution is -0.387. The number of sulfonamides is 1. The van der Waals surface area contributed by atoms with Gasteiger partial charge in [-0.05, 0) is 29.3 Å². The fourth-order valence-corrected chi connectivity index (χ4v) is 8.04. The van der Waals surface area contributed by atoms with Gasteiger partial charge in [-0.25, -0.2) is 12.9 Å². The molecule has 7 rings (SSSR count). The van der Waals surface area contributed by atoms with Gasteiger partial charge < -0.3 is 28.6 Å². The van der Waals surface area contributed by atoms with E-state index < -0.39 is 37.7 Å². The Morgan fingerprint density at radius 3 is 2.58 bits per heavy atom. The summed E-state index contributed by atoms with van der Waals surface area (Å²) in [5.41, 5.74) is 1.81. The minimum atomic E-state index is -4.64. The van der Waals surface area contributed by atoms with Crippen molar-refractivity contribution < 1.29 is 41.8 Å². The first-order valence-corrected chi connectivity index (χ1v) is 18.2. The molecule has 276 valence electrons. The number of carbonyl (C=O) groups excluding carboxylic acids is 1. The van der Waals surface area contributed by atoms with E-state index in [1.165, 1.54) is 41.8 Å². The van der Waals surface area contributed by atoms with E-state index in [4.69, 9.17) is 28.7 Å². The molecule has 2 aliphatic heterocycles. The normalized spacial score (nSPS) is 17.4. The molecule has 2 aliphatic rings. The molecule has 17 heteroatoms. The van der Waals surface area contributed by atoms with Crippen LogP contribution in [0, 0.1) is 10.1 Å². The van der Waals surface area contributed by atoms with Crippen LogP contribution in [0.25, 0.3) is 16.8 Å². The van der Waals surface area contributed by atoms with Gasteiger partial charge in [0, 0.05) is 37.8 Å². The maximum atomic E-state index is 14.7. The zero-order valence-electron chi connectivity index (χ0n) is 28.9. The molecule has 0 saturated carbocycles. The van der Waals surface area contributed by atoms with E-state index >= 15 is 0 Å². The van der Waals surface area contributed by atoms with Crippen LogP contribution in [-0.4, -0.2) is 98.0 Å². The number of nitrogens with zero attached hydrogens (tertiary/aromatic N) is 6. The lowest BCUT2D eigenvalue weighted by Gasteiger charge is -2.30. The van der Waals surface area contributed by atoms with Crippen LogP contribution in [0.4, 0.5) is 11.4 Å². The predicted molar refractivity (Wildman–Crippen MR) is 191 cm³/mol. The van der Waals surface area contributed by atoms with Crippen LogP contribution in [0.2, 0.25) is 0 Å². The highest BCUT2D eigenvalue weighted by molar-refractivity contribution is 7.93. The molecule has 0 spiro atoms. The molecule has 0 unspecified atom stereocenters. The highest BCUT2D eigenvalue weighted by Gasteiger charge is 2.42. The molecule has 16 nitrogen and oxygen atoms in total. The van der Waals surface area contributed by atoms with Gasteiger partial charge in [0.15, 0.2) is 16.3 Å². The van der Waals surface area contributed by atoms with Gasteiger partial charge in [-0.15, -0.1) is 0 Å². The molecule has 53 heavy (non-hydrogen) atoms. The summed E-state index contributed by atoms with van der Waals surface area (Å²) in [5, 5.41) is 16.6. The summed E-state index contributed by atoms with van der Waals surface area (Å²) in [5.74, 6) is 0.429. The Morgan fingerprint density at radius 2 is 1.81 bits per heavy atom. The minimum absolute atomic E-state index is 0.0153. The third-order valence-electron chi connectivity index (χ3n) is 9.06. The van der Waals surface area contributed by atoms with Gasteiger partial charge in [0.1, 0.15) is 25.1 Å². The van der Waals surface area contributed by atoms with Crippen LogP contribution in [0.1, 0.15) is 12.0 Å². The number of ether oxygens (including phenoxy) is 5. The van der Waals surface area contributed by atoms with Gasteiger partial charge in [0.25, 0.3) is 27.5 Å². The number of hydrogen-bond acceptors (Lipinski definition) is 12. The molecule has 5 aromatic rings. The van der Waals surface area contributed by atoms with Crippen molar-refractivity contribution in [2.75, 3.05) is 51.4 Å². The number of carbonyl (C=O) groups is 1. The van der Waals surface area contributed by atoms with E-state index in [2.05, 4.69) is 5.10 Å². The summed E-state index contributed by atoms with van der Waals surface area (Å²) in [6, 6.07) is 18.9. The average Bonchev–Trinajstić information content (AvgIpc) is 3.72. The second kappa shape index (κ2) is 15.1. The monoisotopic (exact) mass is 744 g/mol. The number of fused-ring (bicyclic) bond motifs is 5. The van der Waals surface area contributed by atoms with Crippen LogP contribution < -0.4 is 18.5 Å². The van der Waals surface area contributed by atoms with Crippen LogP contribution in [0.5, 0.6) is 17.4 Å². The fourth-order valence-electron chi connectivity index (χ4n) is 6.44. The van der Waals surface area contributed by atoms with Crippen LogP contribution in [-0.2, 0) is 30.9 Å². The van der Waals surface area contributed by atoms with Gasteiger partial charge in [-0.2, -0.15) is 10.1 Å². The maximum Gasteiger partial charge on any atom is 0.289 e. The lowest BCUT2D eigenvalue weighted by atomic mass is 10.1. The van der Waals surface area contributed by atoms with Crippen molar-refractivity contribution in [3.05, 3.63) is 101 Å².